The Labute approximate surface area is 93.3 Å². The molecule has 15 heavy (non-hydrogen) atoms. The fraction of sp³-hybridized carbons (Fsp3) is 0.714. The van der Waals surface area contributed by atoms with Crippen molar-refractivity contribution in [3.05, 3.63) is 0 Å². The standard InChI is InChI=1S/C7H13ClN2O4S/c1-5(4-15(2,13)14)9-7(12)10-6(11)3-8/h5H,3-4H2,1-2H3,(H2,9,10,11,12). The molecule has 1 atom stereocenters. The molecule has 0 aromatic carbocycles. The van der Waals surface area contributed by atoms with Gasteiger partial charge in [-0.3, -0.25) is 10.1 Å². The van der Waals surface area contributed by atoms with Gasteiger partial charge in [-0.05, 0) is 6.92 Å². The summed E-state index contributed by atoms with van der Waals surface area (Å²) in [5.74, 6) is -1.15. The van der Waals surface area contributed by atoms with Crippen molar-refractivity contribution in [1.82, 2.24) is 10.6 Å². The van der Waals surface area contributed by atoms with Gasteiger partial charge in [0.25, 0.3) is 0 Å². The van der Waals surface area contributed by atoms with Crippen LogP contribution in [0.15, 0.2) is 0 Å². The van der Waals surface area contributed by atoms with Gasteiger partial charge in [-0.2, -0.15) is 0 Å². The summed E-state index contributed by atoms with van der Waals surface area (Å²) in [7, 11) is -3.16. The number of hydrogen-bond donors (Lipinski definition) is 2. The molecule has 0 heterocycles. The lowest BCUT2D eigenvalue weighted by atomic mass is 10.4. The van der Waals surface area contributed by atoms with E-state index in [1.165, 1.54) is 6.92 Å². The first-order valence-corrected chi connectivity index (χ1v) is 6.68. The Morgan fingerprint density at radius 2 is 1.93 bits per heavy atom. The smallest absolute Gasteiger partial charge is 0.321 e. The fourth-order valence-corrected chi connectivity index (χ4v) is 1.97. The Bertz CT molecular complexity index is 341. The molecule has 0 fully saturated rings. The SMILES string of the molecule is CC(CS(C)(=O)=O)NC(=O)NC(=O)CCl. The van der Waals surface area contributed by atoms with Gasteiger partial charge in [-0.1, -0.05) is 0 Å². The Morgan fingerprint density at radius 1 is 1.40 bits per heavy atom. The number of imide groups is 1. The van der Waals surface area contributed by atoms with E-state index in [0.29, 0.717) is 0 Å². The summed E-state index contributed by atoms with van der Waals surface area (Å²) in [4.78, 5) is 21.7. The molecule has 3 amide bonds. The van der Waals surface area contributed by atoms with Crippen LogP contribution in [-0.4, -0.2) is 44.3 Å². The fourth-order valence-electron chi connectivity index (χ4n) is 0.916. The van der Waals surface area contributed by atoms with Crippen LogP contribution in [-0.2, 0) is 14.6 Å². The average Bonchev–Trinajstić information content (AvgIpc) is 1.99. The third kappa shape index (κ3) is 8.19. The van der Waals surface area contributed by atoms with Crippen LogP contribution in [0.5, 0.6) is 0 Å². The molecule has 0 aromatic rings. The minimum atomic E-state index is -3.16. The van der Waals surface area contributed by atoms with Crippen molar-refractivity contribution in [3.63, 3.8) is 0 Å². The minimum Gasteiger partial charge on any atom is -0.334 e. The molecule has 2 N–H and O–H groups in total. The van der Waals surface area contributed by atoms with Crippen molar-refractivity contribution >= 4 is 33.4 Å². The Hall–Kier alpha value is -0.820. The molecule has 1 unspecified atom stereocenters. The third-order valence-electron chi connectivity index (χ3n) is 1.30. The molecule has 0 saturated heterocycles. The van der Waals surface area contributed by atoms with Crippen LogP contribution < -0.4 is 10.6 Å². The third-order valence-corrected chi connectivity index (χ3v) is 2.65. The predicted molar refractivity (Wildman–Crippen MR) is 56.6 cm³/mol. The molecule has 0 aliphatic carbocycles. The summed E-state index contributed by atoms with van der Waals surface area (Å²) in [5, 5.41) is 4.22. The van der Waals surface area contributed by atoms with Crippen molar-refractivity contribution in [2.45, 2.75) is 13.0 Å². The van der Waals surface area contributed by atoms with E-state index in [0.717, 1.165) is 6.26 Å². The first-order valence-electron chi connectivity index (χ1n) is 4.08. The van der Waals surface area contributed by atoms with E-state index >= 15 is 0 Å². The van der Waals surface area contributed by atoms with E-state index in [1.807, 2.05) is 5.32 Å². The summed E-state index contributed by atoms with van der Waals surface area (Å²) < 4.78 is 21.7. The number of amides is 3. The summed E-state index contributed by atoms with van der Waals surface area (Å²) >= 11 is 5.15. The van der Waals surface area contributed by atoms with Gasteiger partial charge in [-0.15, -0.1) is 11.6 Å². The molecule has 0 aromatic heterocycles. The van der Waals surface area contributed by atoms with Gasteiger partial charge in [0.05, 0.1) is 5.75 Å². The van der Waals surface area contributed by atoms with Gasteiger partial charge in [0.2, 0.25) is 5.91 Å². The van der Waals surface area contributed by atoms with Crippen molar-refractivity contribution in [1.29, 1.82) is 0 Å². The lowest BCUT2D eigenvalue weighted by Gasteiger charge is -2.12. The van der Waals surface area contributed by atoms with E-state index in [2.05, 4.69) is 5.32 Å². The highest BCUT2D eigenvalue weighted by molar-refractivity contribution is 7.90. The zero-order chi connectivity index (χ0) is 12.1. The van der Waals surface area contributed by atoms with Crippen molar-refractivity contribution < 1.29 is 18.0 Å². The second-order valence-corrected chi connectivity index (χ2v) is 5.60. The van der Waals surface area contributed by atoms with E-state index in [1.54, 1.807) is 0 Å². The van der Waals surface area contributed by atoms with Gasteiger partial charge in [-0.25, -0.2) is 13.2 Å². The lowest BCUT2D eigenvalue weighted by molar-refractivity contribution is -0.117. The summed E-state index contributed by atoms with van der Waals surface area (Å²) in [6, 6.07) is -1.32. The maximum absolute atomic E-state index is 11.0. The highest BCUT2D eigenvalue weighted by atomic mass is 35.5. The highest BCUT2D eigenvalue weighted by Gasteiger charge is 2.14. The number of carbonyl (C=O) groups is 2. The Kier molecular flexibility index (Phi) is 5.59. The van der Waals surface area contributed by atoms with Gasteiger partial charge >= 0.3 is 6.03 Å². The molecule has 0 saturated carbocycles. The molecular formula is C7H13ClN2O4S. The molecular weight excluding hydrogens is 244 g/mol. The maximum Gasteiger partial charge on any atom is 0.321 e. The number of halogens is 1. The van der Waals surface area contributed by atoms with Crippen LogP contribution in [0.4, 0.5) is 4.79 Å². The maximum atomic E-state index is 11.0. The first kappa shape index (κ1) is 14.2. The van der Waals surface area contributed by atoms with Crippen LogP contribution in [0.25, 0.3) is 0 Å². The summed E-state index contributed by atoms with van der Waals surface area (Å²) in [6.07, 6.45) is 1.06. The topological polar surface area (TPSA) is 92.3 Å². The molecule has 0 rings (SSSR count). The predicted octanol–water partition coefficient (Wildman–Crippen LogP) is -0.516. The van der Waals surface area contributed by atoms with Crippen LogP contribution in [0.3, 0.4) is 0 Å². The number of sulfone groups is 1. The molecule has 0 spiro atoms. The summed E-state index contributed by atoms with van der Waals surface area (Å²) in [6.45, 7) is 1.52. The van der Waals surface area contributed by atoms with Gasteiger partial charge in [0.15, 0.2) is 0 Å². The number of urea groups is 1. The summed E-state index contributed by atoms with van der Waals surface area (Å²) in [5.41, 5.74) is 0. The zero-order valence-electron chi connectivity index (χ0n) is 8.41. The second-order valence-electron chi connectivity index (χ2n) is 3.15. The quantitative estimate of drug-likeness (QED) is 0.663. The number of rotatable bonds is 4. The van der Waals surface area contributed by atoms with E-state index in [-0.39, 0.29) is 11.6 Å². The van der Waals surface area contributed by atoms with Gasteiger partial charge in [0.1, 0.15) is 15.7 Å². The molecule has 88 valence electrons. The number of nitrogens with one attached hydrogen (secondary N) is 2. The van der Waals surface area contributed by atoms with Crippen molar-refractivity contribution in [2.24, 2.45) is 0 Å². The van der Waals surface area contributed by atoms with Crippen LogP contribution >= 0.6 is 11.6 Å². The minimum absolute atomic E-state index is 0.185. The average molecular weight is 257 g/mol. The van der Waals surface area contributed by atoms with Crippen molar-refractivity contribution in [2.75, 3.05) is 17.9 Å². The first-order chi connectivity index (χ1) is 6.74. The molecule has 0 aliphatic heterocycles. The van der Waals surface area contributed by atoms with Crippen LogP contribution in [0.2, 0.25) is 0 Å². The molecule has 6 nitrogen and oxygen atoms in total. The molecule has 0 aliphatic rings. The zero-order valence-corrected chi connectivity index (χ0v) is 9.98. The number of hydrogen-bond acceptors (Lipinski definition) is 4. The van der Waals surface area contributed by atoms with Gasteiger partial charge in [0, 0.05) is 12.3 Å². The molecule has 8 heteroatoms. The largest absolute Gasteiger partial charge is 0.334 e. The number of carbonyl (C=O) groups excluding carboxylic acids is 2. The van der Waals surface area contributed by atoms with Crippen LogP contribution in [0.1, 0.15) is 6.92 Å². The normalized spacial score (nSPS) is 13.0. The van der Waals surface area contributed by atoms with E-state index < -0.39 is 27.8 Å². The van der Waals surface area contributed by atoms with Crippen molar-refractivity contribution in [3.8, 4) is 0 Å². The van der Waals surface area contributed by atoms with Crippen LogP contribution in [0, 0.1) is 0 Å². The Morgan fingerprint density at radius 3 is 2.33 bits per heavy atom. The number of alkyl halides is 1. The molecule has 0 bridgehead atoms. The van der Waals surface area contributed by atoms with E-state index in [9.17, 15) is 18.0 Å². The Balaban J connectivity index is 4.03. The lowest BCUT2D eigenvalue weighted by Crippen LogP contribution is -2.46. The highest BCUT2D eigenvalue weighted by Crippen LogP contribution is 1.89. The molecule has 0 radical (unpaired) electrons. The second kappa shape index (κ2) is 5.92. The van der Waals surface area contributed by atoms with E-state index in [4.69, 9.17) is 11.6 Å². The van der Waals surface area contributed by atoms with Gasteiger partial charge < -0.3 is 5.32 Å². The monoisotopic (exact) mass is 256 g/mol.